The van der Waals surface area contributed by atoms with Gasteiger partial charge in [0.25, 0.3) is 0 Å². The van der Waals surface area contributed by atoms with Crippen molar-refractivity contribution in [2.75, 3.05) is 6.16 Å². The van der Waals surface area contributed by atoms with Gasteiger partial charge >= 0.3 is 6.18 Å². The van der Waals surface area contributed by atoms with Crippen LogP contribution in [0.5, 0.6) is 0 Å². The molecule has 0 aliphatic heterocycles. The molecule has 0 unspecified atom stereocenters. The van der Waals surface area contributed by atoms with Crippen molar-refractivity contribution >= 4 is 18.5 Å². The molecule has 128 valence electrons. The van der Waals surface area contributed by atoms with Crippen LogP contribution in [0.15, 0.2) is 84.9 Å². The molecule has 0 aliphatic carbocycles. The van der Waals surface area contributed by atoms with Crippen LogP contribution in [0, 0.1) is 0 Å². The average Bonchev–Trinajstić information content (AvgIpc) is 2.63. The average molecular weight is 358 g/mol. The Morgan fingerprint density at radius 1 is 0.640 bits per heavy atom. The fraction of sp³-hybridized carbons (Fsp3) is 0.143. The monoisotopic (exact) mass is 358 g/mol. The van der Waals surface area contributed by atoms with Crippen molar-refractivity contribution in [3.8, 4) is 0 Å². The summed E-state index contributed by atoms with van der Waals surface area (Å²) in [7, 11) is -0.690. The third kappa shape index (κ3) is 4.49. The highest BCUT2D eigenvalue weighted by molar-refractivity contribution is 7.73. The summed E-state index contributed by atoms with van der Waals surface area (Å²) in [5.74, 6) is 0. The van der Waals surface area contributed by atoms with Crippen molar-refractivity contribution in [1.82, 2.24) is 0 Å². The first-order chi connectivity index (χ1) is 12.1. The zero-order chi connectivity index (χ0) is 17.7. The number of aryl methyl sites for hydroxylation is 1. The second-order valence-electron chi connectivity index (χ2n) is 5.73. The molecular weight excluding hydrogens is 340 g/mol. The Morgan fingerprint density at radius 3 is 1.64 bits per heavy atom. The molecule has 0 nitrogen and oxygen atoms in total. The number of alkyl halides is 3. The summed E-state index contributed by atoms with van der Waals surface area (Å²) in [5.41, 5.74) is -0.152. The van der Waals surface area contributed by atoms with Crippen molar-refractivity contribution in [2.45, 2.75) is 12.6 Å². The van der Waals surface area contributed by atoms with Crippen molar-refractivity contribution < 1.29 is 13.2 Å². The summed E-state index contributed by atoms with van der Waals surface area (Å²) in [6, 6.07) is 26.0. The molecule has 3 rings (SSSR count). The Kier molecular flexibility index (Phi) is 5.55. The van der Waals surface area contributed by atoms with Gasteiger partial charge in [-0.25, -0.2) is 0 Å². The summed E-state index contributed by atoms with van der Waals surface area (Å²) in [6.07, 6.45) is -3.21. The summed E-state index contributed by atoms with van der Waals surface area (Å²) in [4.78, 5) is 0. The van der Waals surface area contributed by atoms with Crippen molar-refractivity contribution in [3.05, 3.63) is 96.1 Å². The number of rotatable bonds is 5. The number of benzene rings is 3. The van der Waals surface area contributed by atoms with Crippen LogP contribution in [0.3, 0.4) is 0 Å². The van der Waals surface area contributed by atoms with E-state index in [1.165, 1.54) is 22.7 Å². The van der Waals surface area contributed by atoms with E-state index >= 15 is 0 Å². The van der Waals surface area contributed by atoms with Gasteiger partial charge in [0.2, 0.25) is 0 Å². The molecule has 3 aromatic rings. The molecule has 0 heterocycles. The normalized spacial score (nSPS) is 11.7. The molecule has 4 heteroatoms. The standard InChI is InChI=1S/C21H18F3P/c22-21(23,24)20-14-8-7-9-17(20)15-16-25(18-10-3-1-4-11-18)19-12-5-2-6-13-19/h1-14H,15-16H2. The fourth-order valence-electron chi connectivity index (χ4n) is 2.87. The molecule has 0 saturated carbocycles. The zero-order valence-electron chi connectivity index (χ0n) is 13.6. The SMILES string of the molecule is FC(F)(F)c1ccccc1CCP(c1ccccc1)c1ccccc1. The molecule has 0 atom stereocenters. The maximum absolute atomic E-state index is 13.2. The Hall–Kier alpha value is -2.12. The molecule has 0 aliphatic rings. The van der Waals surface area contributed by atoms with Crippen LogP contribution in [0.25, 0.3) is 0 Å². The molecule has 0 amide bonds. The van der Waals surface area contributed by atoms with Gasteiger partial charge in [0.15, 0.2) is 0 Å². The molecule has 0 aromatic heterocycles. The van der Waals surface area contributed by atoms with Gasteiger partial charge in [-0.05, 0) is 42.7 Å². The second-order valence-corrected chi connectivity index (χ2v) is 8.06. The van der Waals surface area contributed by atoms with Gasteiger partial charge in [-0.2, -0.15) is 13.2 Å². The summed E-state index contributed by atoms with van der Waals surface area (Å²) >= 11 is 0. The zero-order valence-corrected chi connectivity index (χ0v) is 14.5. The minimum absolute atomic E-state index is 0.370. The lowest BCUT2D eigenvalue weighted by Crippen LogP contribution is -2.16. The van der Waals surface area contributed by atoms with Crippen molar-refractivity contribution in [2.24, 2.45) is 0 Å². The Morgan fingerprint density at radius 2 is 1.12 bits per heavy atom. The number of hydrogen-bond acceptors (Lipinski definition) is 0. The van der Waals surface area contributed by atoms with Crippen molar-refractivity contribution in [3.63, 3.8) is 0 Å². The molecule has 0 fully saturated rings. The summed E-state index contributed by atoms with van der Waals surface area (Å²) in [6.45, 7) is 0. The first-order valence-electron chi connectivity index (χ1n) is 8.08. The minimum atomic E-state index is -4.31. The van der Waals surface area contributed by atoms with E-state index in [4.69, 9.17) is 0 Å². The van der Waals surface area contributed by atoms with Crippen LogP contribution in [0.1, 0.15) is 11.1 Å². The first kappa shape index (κ1) is 17.7. The number of halogens is 3. The van der Waals surface area contributed by atoms with E-state index in [0.717, 1.165) is 0 Å². The molecule has 3 aromatic carbocycles. The molecule has 0 bridgehead atoms. The van der Waals surface area contributed by atoms with E-state index in [2.05, 4.69) is 24.3 Å². The van der Waals surface area contributed by atoms with Gasteiger partial charge in [-0.1, -0.05) is 78.9 Å². The second kappa shape index (κ2) is 7.84. The third-order valence-corrected chi connectivity index (χ3v) is 6.58. The minimum Gasteiger partial charge on any atom is -0.166 e. The smallest absolute Gasteiger partial charge is 0.166 e. The first-order valence-corrected chi connectivity index (χ1v) is 9.61. The van der Waals surface area contributed by atoms with Gasteiger partial charge in [0.1, 0.15) is 0 Å². The summed E-state index contributed by atoms with van der Waals surface area (Å²) in [5, 5.41) is 2.38. The van der Waals surface area contributed by atoms with E-state index < -0.39 is 19.7 Å². The van der Waals surface area contributed by atoms with Crippen LogP contribution >= 0.6 is 7.92 Å². The molecule has 25 heavy (non-hydrogen) atoms. The highest BCUT2D eigenvalue weighted by atomic mass is 31.1. The van der Waals surface area contributed by atoms with Crippen LogP contribution in [-0.4, -0.2) is 6.16 Å². The van der Waals surface area contributed by atoms with E-state index in [1.807, 2.05) is 36.4 Å². The predicted octanol–water partition coefficient (Wildman–Crippen LogP) is 5.38. The highest BCUT2D eigenvalue weighted by Gasteiger charge is 2.32. The lowest BCUT2D eigenvalue weighted by atomic mass is 10.1. The maximum atomic E-state index is 13.2. The quantitative estimate of drug-likeness (QED) is 0.537. The van der Waals surface area contributed by atoms with Gasteiger partial charge in [0, 0.05) is 0 Å². The molecule has 0 saturated heterocycles. The Labute approximate surface area is 147 Å². The van der Waals surface area contributed by atoms with Crippen molar-refractivity contribution in [1.29, 1.82) is 0 Å². The predicted molar refractivity (Wildman–Crippen MR) is 99.1 cm³/mol. The third-order valence-electron chi connectivity index (χ3n) is 4.06. The van der Waals surface area contributed by atoms with Crippen LogP contribution in [0.2, 0.25) is 0 Å². The van der Waals surface area contributed by atoms with Crippen LogP contribution in [-0.2, 0) is 12.6 Å². The molecule has 0 N–H and O–H groups in total. The van der Waals surface area contributed by atoms with E-state index in [0.29, 0.717) is 18.1 Å². The fourth-order valence-corrected chi connectivity index (χ4v) is 5.21. The van der Waals surface area contributed by atoms with Gasteiger partial charge < -0.3 is 0 Å². The molecular formula is C21H18F3P. The largest absolute Gasteiger partial charge is 0.416 e. The molecule has 0 radical (unpaired) electrons. The topological polar surface area (TPSA) is 0 Å². The Balaban J connectivity index is 1.88. The maximum Gasteiger partial charge on any atom is 0.416 e. The number of hydrogen-bond donors (Lipinski definition) is 0. The van der Waals surface area contributed by atoms with Gasteiger partial charge in [-0.15, -0.1) is 0 Å². The van der Waals surface area contributed by atoms with E-state index in [9.17, 15) is 13.2 Å². The van der Waals surface area contributed by atoms with Gasteiger partial charge in [-0.3, -0.25) is 0 Å². The Bertz CT molecular complexity index is 759. The van der Waals surface area contributed by atoms with Gasteiger partial charge in [0.05, 0.1) is 5.56 Å². The lowest BCUT2D eigenvalue weighted by Gasteiger charge is -2.20. The highest BCUT2D eigenvalue weighted by Crippen LogP contribution is 2.37. The van der Waals surface area contributed by atoms with E-state index in [1.54, 1.807) is 12.1 Å². The van der Waals surface area contributed by atoms with Crippen LogP contribution < -0.4 is 10.6 Å². The summed E-state index contributed by atoms with van der Waals surface area (Å²) < 4.78 is 39.7. The lowest BCUT2D eigenvalue weighted by molar-refractivity contribution is -0.138. The van der Waals surface area contributed by atoms with Crippen LogP contribution in [0.4, 0.5) is 13.2 Å². The van der Waals surface area contributed by atoms with E-state index in [-0.39, 0.29) is 0 Å². The molecule has 0 spiro atoms.